The standard InChI is InChI=1S/C11H11Cl2N5OS/c1-2-19-10-15-9(18-14)16-11(17-10)20-8-5-6(12)3-4-7(8)13/h3-5H,2,14H2,1H3,(H,15,16,17,18). The molecular weight excluding hydrogens is 321 g/mol. The number of aromatic nitrogens is 3. The van der Waals surface area contributed by atoms with Crippen LogP contribution >= 0.6 is 35.0 Å². The first-order valence-corrected chi connectivity index (χ1v) is 7.18. The van der Waals surface area contributed by atoms with Crippen molar-refractivity contribution in [2.75, 3.05) is 12.0 Å². The molecule has 106 valence electrons. The summed E-state index contributed by atoms with van der Waals surface area (Å²) in [6, 6.07) is 5.34. The van der Waals surface area contributed by atoms with Crippen molar-refractivity contribution in [2.45, 2.75) is 17.0 Å². The zero-order chi connectivity index (χ0) is 14.5. The number of halogens is 2. The van der Waals surface area contributed by atoms with Gasteiger partial charge in [-0.25, -0.2) is 5.84 Å². The number of ether oxygens (including phenoxy) is 1. The lowest BCUT2D eigenvalue weighted by Gasteiger charge is -2.07. The van der Waals surface area contributed by atoms with E-state index in [1.165, 1.54) is 11.8 Å². The van der Waals surface area contributed by atoms with Gasteiger partial charge in [0.15, 0.2) is 0 Å². The number of benzene rings is 1. The Labute approximate surface area is 130 Å². The smallest absolute Gasteiger partial charge is 0.322 e. The van der Waals surface area contributed by atoms with Gasteiger partial charge >= 0.3 is 6.01 Å². The highest BCUT2D eigenvalue weighted by Crippen LogP contribution is 2.34. The van der Waals surface area contributed by atoms with Gasteiger partial charge in [0.25, 0.3) is 0 Å². The summed E-state index contributed by atoms with van der Waals surface area (Å²) in [7, 11) is 0. The Morgan fingerprint density at radius 1 is 1.30 bits per heavy atom. The maximum Gasteiger partial charge on any atom is 0.322 e. The summed E-state index contributed by atoms with van der Waals surface area (Å²) < 4.78 is 5.25. The summed E-state index contributed by atoms with van der Waals surface area (Å²) in [5.41, 5.74) is 2.36. The third-order valence-electron chi connectivity index (χ3n) is 2.09. The Balaban J connectivity index is 2.32. The minimum absolute atomic E-state index is 0.191. The van der Waals surface area contributed by atoms with E-state index in [1.807, 2.05) is 6.92 Å². The number of anilines is 1. The maximum absolute atomic E-state index is 6.10. The van der Waals surface area contributed by atoms with E-state index in [4.69, 9.17) is 33.8 Å². The molecule has 20 heavy (non-hydrogen) atoms. The Hall–Kier alpha value is -1.28. The third-order valence-corrected chi connectivity index (χ3v) is 3.69. The molecular formula is C11H11Cl2N5OS. The van der Waals surface area contributed by atoms with E-state index in [9.17, 15) is 0 Å². The Bertz CT molecular complexity index is 613. The van der Waals surface area contributed by atoms with Crippen molar-refractivity contribution in [1.29, 1.82) is 0 Å². The van der Waals surface area contributed by atoms with Crippen LogP contribution in [0, 0.1) is 0 Å². The van der Waals surface area contributed by atoms with E-state index in [-0.39, 0.29) is 12.0 Å². The number of hydrazine groups is 1. The fourth-order valence-corrected chi connectivity index (χ4v) is 2.57. The first-order valence-electron chi connectivity index (χ1n) is 5.60. The fourth-order valence-electron chi connectivity index (χ4n) is 1.30. The highest BCUT2D eigenvalue weighted by atomic mass is 35.5. The van der Waals surface area contributed by atoms with E-state index in [0.717, 1.165) is 4.90 Å². The van der Waals surface area contributed by atoms with Crippen LogP contribution in [0.25, 0.3) is 0 Å². The maximum atomic E-state index is 6.10. The summed E-state index contributed by atoms with van der Waals surface area (Å²) >= 11 is 13.3. The summed E-state index contributed by atoms with van der Waals surface area (Å²) in [4.78, 5) is 13.0. The molecule has 1 heterocycles. The van der Waals surface area contributed by atoms with Gasteiger partial charge in [0.05, 0.1) is 11.6 Å². The fraction of sp³-hybridized carbons (Fsp3) is 0.182. The van der Waals surface area contributed by atoms with Crippen molar-refractivity contribution in [2.24, 2.45) is 5.84 Å². The van der Waals surface area contributed by atoms with E-state index in [0.29, 0.717) is 21.8 Å². The molecule has 0 saturated heterocycles. The first kappa shape index (κ1) is 15.1. The van der Waals surface area contributed by atoms with Crippen LogP contribution in [0.1, 0.15) is 6.92 Å². The van der Waals surface area contributed by atoms with Gasteiger partial charge < -0.3 is 4.74 Å². The Kier molecular flexibility index (Phi) is 5.24. The molecule has 0 amide bonds. The van der Waals surface area contributed by atoms with Crippen molar-refractivity contribution >= 4 is 40.9 Å². The van der Waals surface area contributed by atoms with Crippen LogP contribution in [0.4, 0.5) is 5.95 Å². The van der Waals surface area contributed by atoms with Crippen LogP contribution in [0.2, 0.25) is 10.0 Å². The van der Waals surface area contributed by atoms with E-state index < -0.39 is 0 Å². The second-order valence-electron chi connectivity index (χ2n) is 3.48. The Morgan fingerprint density at radius 2 is 2.10 bits per heavy atom. The minimum atomic E-state index is 0.191. The molecule has 0 aliphatic carbocycles. The number of nitrogens with one attached hydrogen (secondary N) is 1. The summed E-state index contributed by atoms with van der Waals surface area (Å²) in [6.45, 7) is 2.27. The van der Waals surface area contributed by atoms with Crippen molar-refractivity contribution in [3.05, 3.63) is 28.2 Å². The van der Waals surface area contributed by atoms with Gasteiger partial charge in [-0.3, -0.25) is 5.43 Å². The highest BCUT2D eigenvalue weighted by molar-refractivity contribution is 7.99. The molecule has 2 rings (SSSR count). The number of hydrogen-bond acceptors (Lipinski definition) is 7. The van der Waals surface area contributed by atoms with E-state index >= 15 is 0 Å². The SMILES string of the molecule is CCOc1nc(NN)nc(Sc2cc(Cl)ccc2Cl)n1. The molecule has 0 fully saturated rings. The molecule has 0 atom stereocenters. The molecule has 0 aliphatic rings. The monoisotopic (exact) mass is 331 g/mol. The van der Waals surface area contributed by atoms with Gasteiger partial charge in [-0.05, 0) is 36.9 Å². The zero-order valence-corrected chi connectivity index (χ0v) is 12.8. The lowest BCUT2D eigenvalue weighted by molar-refractivity contribution is 0.308. The van der Waals surface area contributed by atoms with Crippen LogP contribution in [0.3, 0.4) is 0 Å². The van der Waals surface area contributed by atoms with Crippen LogP contribution in [0.5, 0.6) is 6.01 Å². The summed E-state index contributed by atoms with van der Waals surface area (Å²) in [5, 5.41) is 1.54. The summed E-state index contributed by atoms with van der Waals surface area (Å²) in [5.74, 6) is 5.53. The topological polar surface area (TPSA) is 86.0 Å². The van der Waals surface area contributed by atoms with Gasteiger partial charge in [-0.2, -0.15) is 15.0 Å². The van der Waals surface area contributed by atoms with E-state index in [2.05, 4.69) is 20.4 Å². The number of nitrogens with zero attached hydrogens (tertiary/aromatic N) is 3. The van der Waals surface area contributed by atoms with Gasteiger partial charge in [0.1, 0.15) is 0 Å². The molecule has 0 aliphatic heterocycles. The van der Waals surface area contributed by atoms with Gasteiger partial charge in [0.2, 0.25) is 11.1 Å². The molecule has 6 nitrogen and oxygen atoms in total. The predicted octanol–water partition coefficient (Wildman–Crippen LogP) is 3.01. The van der Waals surface area contributed by atoms with Crippen molar-refractivity contribution in [3.63, 3.8) is 0 Å². The normalized spacial score (nSPS) is 10.4. The number of rotatable bonds is 5. The number of hydrogen-bond donors (Lipinski definition) is 2. The second-order valence-corrected chi connectivity index (χ2v) is 5.33. The van der Waals surface area contributed by atoms with Crippen molar-refractivity contribution in [3.8, 4) is 6.01 Å². The number of nitrogens with two attached hydrogens (primary N) is 1. The molecule has 1 aromatic heterocycles. The van der Waals surface area contributed by atoms with Gasteiger partial charge in [0, 0.05) is 9.92 Å². The molecule has 0 unspecified atom stereocenters. The molecule has 0 bridgehead atoms. The summed E-state index contributed by atoms with van der Waals surface area (Å²) in [6.07, 6.45) is 0. The van der Waals surface area contributed by atoms with Crippen LogP contribution in [-0.4, -0.2) is 21.6 Å². The zero-order valence-electron chi connectivity index (χ0n) is 10.4. The molecule has 0 spiro atoms. The molecule has 0 saturated carbocycles. The average molecular weight is 332 g/mol. The lowest BCUT2D eigenvalue weighted by Crippen LogP contribution is -2.12. The van der Waals surface area contributed by atoms with Gasteiger partial charge in [-0.1, -0.05) is 23.2 Å². The first-order chi connectivity index (χ1) is 9.62. The quantitative estimate of drug-likeness (QED) is 0.643. The number of nitrogen functional groups attached to an aromatic ring is 1. The molecule has 0 radical (unpaired) electrons. The van der Waals surface area contributed by atoms with E-state index in [1.54, 1.807) is 18.2 Å². The van der Waals surface area contributed by atoms with Gasteiger partial charge in [-0.15, -0.1) is 0 Å². The molecule has 3 N–H and O–H groups in total. The molecule has 9 heteroatoms. The third kappa shape index (κ3) is 3.86. The van der Waals surface area contributed by atoms with Crippen LogP contribution in [0.15, 0.2) is 28.3 Å². The highest BCUT2D eigenvalue weighted by Gasteiger charge is 2.10. The van der Waals surface area contributed by atoms with Crippen LogP contribution in [-0.2, 0) is 0 Å². The van der Waals surface area contributed by atoms with Crippen molar-refractivity contribution in [1.82, 2.24) is 15.0 Å². The predicted molar refractivity (Wildman–Crippen MR) is 79.4 cm³/mol. The second kappa shape index (κ2) is 6.94. The minimum Gasteiger partial charge on any atom is -0.464 e. The molecule has 2 aromatic rings. The largest absolute Gasteiger partial charge is 0.464 e. The Morgan fingerprint density at radius 3 is 2.80 bits per heavy atom. The lowest BCUT2D eigenvalue weighted by atomic mass is 10.4. The average Bonchev–Trinajstić information content (AvgIpc) is 2.43. The van der Waals surface area contributed by atoms with Crippen LogP contribution < -0.4 is 16.0 Å². The van der Waals surface area contributed by atoms with Crippen molar-refractivity contribution < 1.29 is 4.74 Å². The molecule has 1 aromatic carbocycles.